The molecule has 0 spiro atoms. The number of likely N-dealkylation sites (tertiary alicyclic amines) is 1. The van der Waals surface area contributed by atoms with Crippen LogP contribution in [0.25, 0.3) is 27.0 Å². The molecule has 0 radical (unpaired) electrons. The molecule has 9 nitrogen and oxygen atoms in total. The van der Waals surface area contributed by atoms with Crippen LogP contribution in [0.4, 0.5) is 16.4 Å². The number of nitrogens with one attached hydrogen (secondary N) is 1. The van der Waals surface area contributed by atoms with Crippen molar-refractivity contribution >= 4 is 59.3 Å². The van der Waals surface area contributed by atoms with Crippen molar-refractivity contribution in [3.8, 4) is 11.3 Å². The van der Waals surface area contributed by atoms with E-state index in [1.807, 2.05) is 45.2 Å². The first kappa shape index (κ1) is 30.3. The smallest absolute Gasteiger partial charge is 0.410 e. The number of amides is 1. The molecule has 214 valence electrons. The number of aromatic nitrogens is 3. The maximum absolute atomic E-state index is 12.6. The summed E-state index contributed by atoms with van der Waals surface area (Å²) in [5, 5.41) is 4.46. The van der Waals surface area contributed by atoms with E-state index < -0.39 is 13.7 Å². The number of anilines is 1. The maximum atomic E-state index is 12.6. The second kappa shape index (κ2) is 12.4. The van der Waals surface area contributed by atoms with Gasteiger partial charge >= 0.3 is 6.09 Å². The normalized spacial score (nSPS) is 16.1. The number of carbonyl (C=O) groups excluding carboxylic acids is 1. The molecule has 1 aliphatic heterocycles. The number of ether oxygens (including phenoxy) is 2. The average molecular weight is 675 g/mol. The third-order valence-corrected chi connectivity index (χ3v) is 9.12. The summed E-state index contributed by atoms with van der Waals surface area (Å²) >= 11 is 2.27. The Hall–Kier alpha value is -2.69. The summed E-state index contributed by atoms with van der Waals surface area (Å²) in [6.07, 6.45) is 5.38. The van der Waals surface area contributed by atoms with Gasteiger partial charge in [-0.1, -0.05) is 31.8 Å². The van der Waals surface area contributed by atoms with E-state index in [4.69, 9.17) is 21.0 Å². The average Bonchev–Trinajstić information content (AvgIpc) is 3.24. The number of rotatable bonds is 8. The van der Waals surface area contributed by atoms with Gasteiger partial charge in [-0.15, -0.1) is 0 Å². The highest BCUT2D eigenvalue weighted by molar-refractivity contribution is 14.1. The molecule has 0 aliphatic carbocycles. The molecule has 4 rings (SSSR count). The first-order valence-electron chi connectivity index (χ1n) is 13.7. The molecular weight excluding hydrogens is 635 g/mol. The standard InChI is InChI=1S/C29H39IN6O3Si/c1-29(2,3)39-28(37)35-12-8-9-21(17-35)33-27-32-16-24(30)26(34-27)23-18-36(19-38-13-14-40(5,6)7)25-15-20(31-4)10-11-22(23)25/h10-11,15-16,18,21H,8-9,12-14,17,19H2,1-3,5-7H3,(H,32,33,34)/t21-/m0/s1. The van der Waals surface area contributed by atoms with Gasteiger partial charge in [0, 0.05) is 62.7 Å². The summed E-state index contributed by atoms with van der Waals surface area (Å²) in [7, 11) is -1.19. The van der Waals surface area contributed by atoms with Gasteiger partial charge in [0.2, 0.25) is 5.95 Å². The third kappa shape index (κ3) is 7.95. The lowest BCUT2D eigenvalue weighted by Gasteiger charge is -2.34. The van der Waals surface area contributed by atoms with Gasteiger partial charge in [0.05, 0.1) is 15.8 Å². The van der Waals surface area contributed by atoms with Crippen molar-refractivity contribution in [2.24, 2.45) is 0 Å². The molecule has 11 heteroatoms. The van der Waals surface area contributed by atoms with Crippen molar-refractivity contribution in [3.05, 3.63) is 45.6 Å². The maximum Gasteiger partial charge on any atom is 0.410 e. The van der Waals surface area contributed by atoms with Gasteiger partial charge in [-0.2, -0.15) is 0 Å². The highest BCUT2D eigenvalue weighted by Gasteiger charge is 2.28. The van der Waals surface area contributed by atoms with E-state index in [1.165, 1.54) is 0 Å². The summed E-state index contributed by atoms with van der Waals surface area (Å²) in [6, 6.07) is 6.86. The molecule has 1 aromatic carbocycles. The lowest BCUT2D eigenvalue weighted by molar-refractivity contribution is 0.0206. The van der Waals surface area contributed by atoms with Crippen LogP contribution in [-0.4, -0.2) is 64.9 Å². The number of benzene rings is 1. The minimum absolute atomic E-state index is 0.0245. The molecule has 2 aromatic heterocycles. The topological polar surface area (TPSA) is 85.9 Å². The molecule has 0 unspecified atom stereocenters. The first-order valence-corrected chi connectivity index (χ1v) is 18.5. The quantitative estimate of drug-likeness (QED) is 0.116. The van der Waals surface area contributed by atoms with Gasteiger partial charge in [0.15, 0.2) is 5.69 Å². The van der Waals surface area contributed by atoms with Crippen LogP contribution in [0.15, 0.2) is 30.6 Å². The Labute approximate surface area is 251 Å². The summed E-state index contributed by atoms with van der Waals surface area (Å²) in [4.78, 5) is 27.5. The Kier molecular flexibility index (Phi) is 9.42. The van der Waals surface area contributed by atoms with Crippen molar-refractivity contribution in [1.29, 1.82) is 0 Å². The Morgan fingerprint density at radius 3 is 2.77 bits per heavy atom. The predicted octanol–water partition coefficient (Wildman–Crippen LogP) is 7.38. The molecule has 1 atom stereocenters. The van der Waals surface area contributed by atoms with E-state index in [1.54, 1.807) is 4.90 Å². The van der Waals surface area contributed by atoms with E-state index in [9.17, 15) is 4.79 Å². The molecule has 3 aromatic rings. The number of piperidine rings is 1. The zero-order valence-electron chi connectivity index (χ0n) is 24.3. The second-order valence-corrected chi connectivity index (χ2v) is 19.3. The fourth-order valence-electron chi connectivity index (χ4n) is 4.58. The van der Waals surface area contributed by atoms with Gasteiger partial charge in [0.1, 0.15) is 12.3 Å². The fourth-order valence-corrected chi connectivity index (χ4v) is 5.89. The van der Waals surface area contributed by atoms with Gasteiger partial charge < -0.3 is 24.3 Å². The van der Waals surface area contributed by atoms with Crippen LogP contribution in [0.3, 0.4) is 0 Å². The SMILES string of the molecule is [C-]#[N+]c1ccc2c(-c3nc(N[C@H]4CCCN(C(=O)OC(C)(C)C)C4)ncc3I)cn(COCC[Si](C)(C)C)c2c1. The molecule has 0 bridgehead atoms. The van der Waals surface area contributed by atoms with E-state index in [-0.39, 0.29) is 12.1 Å². The highest BCUT2D eigenvalue weighted by Crippen LogP contribution is 2.35. The molecule has 1 saturated heterocycles. The van der Waals surface area contributed by atoms with Crippen molar-refractivity contribution in [2.45, 2.75) is 77.7 Å². The number of halogens is 1. The lowest BCUT2D eigenvalue weighted by Crippen LogP contribution is -2.47. The predicted molar refractivity (Wildman–Crippen MR) is 170 cm³/mol. The summed E-state index contributed by atoms with van der Waals surface area (Å²) in [5.41, 5.74) is 2.79. The van der Waals surface area contributed by atoms with Crippen molar-refractivity contribution in [3.63, 3.8) is 0 Å². The first-order chi connectivity index (χ1) is 18.8. The number of nitrogens with zero attached hydrogens (tertiary/aromatic N) is 5. The Morgan fingerprint density at radius 1 is 1.30 bits per heavy atom. The minimum Gasteiger partial charge on any atom is -0.444 e. The van der Waals surface area contributed by atoms with Crippen LogP contribution >= 0.6 is 22.6 Å². The lowest BCUT2D eigenvalue weighted by atomic mass is 10.1. The van der Waals surface area contributed by atoms with Gasteiger partial charge in [-0.3, -0.25) is 0 Å². The van der Waals surface area contributed by atoms with Crippen molar-refractivity contribution in [2.75, 3.05) is 25.0 Å². The summed E-state index contributed by atoms with van der Waals surface area (Å²) in [6.45, 7) is 22.5. The zero-order chi connectivity index (χ0) is 29.1. The van der Waals surface area contributed by atoms with Crippen LogP contribution in [0, 0.1) is 10.1 Å². The monoisotopic (exact) mass is 674 g/mol. The van der Waals surface area contributed by atoms with Crippen LogP contribution in [0.2, 0.25) is 25.7 Å². The highest BCUT2D eigenvalue weighted by atomic mass is 127. The minimum atomic E-state index is -1.19. The molecule has 1 fully saturated rings. The van der Waals surface area contributed by atoms with Crippen LogP contribution < -0.4 is 5.32 Å². The number of hydrogen-bond acceptors (Lipinski definition) is 6. The molecule has 1 amide bonds. The molecule has 3 heterocycles. The van der Waals surface area contributed by atoms with Crippen molar-refractivity contribution in [1.82, 2.24) is 19.4 Å². The number of hydrogen-bond donors (Lipinski definition) is 1. The summed E-state index contributed by atoms with van der Waals surface area (Å²) < 4.78 is 14.6. The second-order valence-electron chi connectivity index (χ2n) is 12.5. The Balaban J connectivity index is 1.57. The molecule has 40 heavy (non-hydrogen) atoms. The third-order valence-electron chi connectivity index (χ3n) is 6.63. The molecule has 1 N–H and O–H groups in total. The van der Waals surface area contributed by atoms with Crippen molar-refractivity contribution < 1.29 is 14.3 Å². The van der Waals surface area contributed by atoms with Crippen LogP contribution in [0.1, 0.15) is 33.6 Å². The van der Waals surface area contributed by atoms with Crippen LogP contribution in [0.5, 0.6) is 0 Å². The van der Waals surface area contributed by atoms with E-state index in [0.29, 0.717) is 38.1 Å². The molecule has 0 saturated carbocycles. The number of fused-ring (bicyclic) bond motifs is 1. The summed E-state index contributed by atoms with van der Waals surface area (Å²) in [5.74, 6) is 0.525. The van der Waals surface area contributed by atoms with Gasteiger partial charge in [-0.05, 0) is 68.3 Å². The van der Waals surface area contributed by atoms with E-state index in [0.717, 1.165) is 44.6 Å². The Morgan fingerprint density at radius 2 is 2.08 bits per heavy atom. The zero-order valence-corrected chi connectivity index (χ0v) is 27.4. The Bertz CT molecular complexity index is 1410. The van der Waals surface area contributed by atoms with E-state index in [2.05, 4.69) is 68.1 Å². The van der Waals surface area contributed by atoms with Crippen LogP contribution in [-0.2, 0) is 16.2 Å². The molecule has 1 aliphatic rings. The van der Waals surface area contributed by atoms with Gasteiger partial charge in [-0.25, -0.2) is 19.6 Å². The number of carbonyl (C=O) groups is 1. The fraction of sp³-hybridized carbons (Fsp3) is 0.517. The van der Waals surface area contributed by atoms with E-state index >= 15 is 0 Å². The molecular formula is C29H39IN6O3Si. The largest absolute Gasteiger partial charge is 0.444 e. The van der Waals surface area contributed by atoms with Gasteiger partial charge in [0.25, 0.3) is 0 Å².